The van der Waals surface area contributed by atoms with Gasteiger partial charge in [-0.15, -0.1) is 0 Å². The van der Waals surface area contributed by atoms with Crippen LogP contribution in [-0.4, -0.2) is 28.0 Å². The average molecular weight is 250 g/mol. The predicted molar refractivity (Wildman–Crippen MR) is 72.5 cm³/mol. The van der Waals surface area contributed by atoms with Crippen LogP contribution in [0.5, 0.6) is 0 Å². The summed E-state index contributed by atoms with van der Waals surface area (Å²) < 4.78 is 0. The van der Waals surface area contributed by atoms with Gasteiger partial charge < -0.3 is 10.6 Å². The maximum atomic E-state index is 11.6. The van der Waals surface area contributed by atoms with Gasteiger partial charge in [0.25, 0.3) is 0 Å². The van der Waals surface area contributed by atoms with Gasteiger partial charge >= 0.3 is 0 Å². The van der Waals surface area contributed by atoms with E-state index < -0.39 is 0 Å². The molecule has 0 fully saturated rings. The Hall–Kier alpha value is -1.65. The van der Waals surface area contributed by atoms with Gasteiger partial charge in [0.05, 0.1) is 0 Å². The lowest BCUT2D eigenvalue weighted by Gasteiger charge is -2.20. The fourth-order valence-electron chi connectivity index (χ4n) is 1.57. The molecule has 0 radical (unpaired) electrons. The van der Waals surface area contributed by atoms with Crippen LogP contribution in [0.15, 0.2) is 6.07 Å². The Labute approximate surface area is 108 Å². The Morgan fingerprint density at radius 1 is 1.22 bits per heavy atom. The van der Waals surface area contributed by atoms with E-state index in [-0.39, 0.29) is 11.4 Å². The molecule has 0 aromatic carbocycles. The van der Waals surface area contributed by atoms with Crippen LogP contribution in [0.25, 0.3) is 0 Å². The number of hydrogen-bond acceptors (Lipinski definition) is 4. The van der Waals surface area contributed by atoms with E-state index in [1.807, 2.05) is 40.7 Å². The van der Waals surface area contributed by atoms with Crippen molar-refractivity contribution in [3.63, 3.8) is 0 Å². The third-order valence-electron chi connectivity index (χ3n) is 2.13. The molecule has 2 N–H and O–H groups in total. The first-order chi connectivity index (χ1) is 8.26. The predicted octanol–water partition coefficient (Wildman–Crippen LogP) is 1.81. The summed E-state index contributed by atoms with van der Waals surface area (Å²) in [6, 6.07) is 1.91. The van der Waals surface area contributed by atoms with Crippen molar-refractivity contribution in [2.24, 2.45) is 0 Å². The highest BCUT2D eigenvalue weighted by Gasteiger charge is 2.13. The van der Waals surface area contributed by atoms with Gasteiger partial charge in [-0.25, -0.2) is 9.97 Å². The number of aryl methyl sites for hydroxylation is 2. The molecular formula is C13H22N4O. The number of aromatic nitrogens is 2. The van der Waals surface area contributed by atoms with Gasteiger partial charge in [-0.05, 0) is 40.7 Å². The Morgan fingerprint density at radius 3 is 2.28 bits per heavy atom. The van der Waals surface area contributed by atoms with Crippen LogP contribution in [0.2, 0.25) is 0 Å². The van der Waals surface area contributed by atoms with Gasteiger partial charge in [0.2, 0.25) is 11.9 Å². The van der Waals surface area contributed by atoms with Crippen molar-refractivity contribution in [1.29, 1.82) is 0 Å². The monoisotopic (exact) mass is 250 g/mol. The Morgan fingerprint density at radius 2 is 1.78 bits per heavy atom. The molecule has 1 aromatic rings. The molecule has 1 heterocycles. The van der Waals surface area contributed by atoms with Crippen LogP contribution in [0.4, 0.5) is 5.95 Å². The first-order valence-corrected chi connectivity index (χ1v) is 6.13. The van der Waals surface area contributed by atoms with Crippen LogP contribution >= 0.6 is 0 Å². The summed E-state index contributed by atoms with van der Waals surface area (Å²) in [4.78, 5) is 20.1. The van der Waals surface area contributed by atoms with E-state index in [1.54, 1.807) is 0 Å². The van der Waals surface area contributed by atoms with Crippen LogP contribution in [-0.2, 0) is 4.79 Å². The van der Waals surface area contributed by atoms with Gasteiger partial charge in [-0.1, -0.05) is 0 Å². The summed E-state index contributed by atoms with van der Waals surface area (Å²) in [6.45, 7) is 10.3. The summed E-state index contributed by atoms with van der Waals surface area (Å²) in [5, 5.41) is 5.97. The molecule has 0 bridgehead atoms. The summed E-state index contributed by atoms with van der Waals surface area (Å²) >= 11 is 0. The van der Waals surface area contributed by atoms with Crippen LogP contribution < -0.4 is 10.6 Å². The minimum Gasteiger partial charge on any atom is -0.354 e. The van der Waals surface area contributed by atoms with Gasteiger partial charge in [-0.3, -0.25) is 4.79 Å². The smallest absolute Gasteiger partial charge is 0.223 e. The second kappa shape index (κ2) is 5.80. The largest absolute Gasteiger partial charge is 0.354 e. The van der Waals surface area contributed by atoms with E-state index in [0.717, 1.165) is 11.4 Å². The number of hydrogen-bond donors (Lipinski definition) is 2. The van der Waals surface area contributed by atoms with Gasteiger partial charge in [0, 0.05) is 29.9 Å². The summed E-state index contributed by atoms with van der Waals surface area (Å²) in [5.74, 6) is 0.607. The zero-order valence-electron chi connectivity index (χ0n) is 11.8. The van der Waals surface area contributed by atoms with Crippen LogP contribution in [0.3, 0.4) is 0 Å². The molecule has 18 heavy (non-hydrogen) atoms. The lowest BCUT2D eigenvalue weighted by atomic mass is 10.1. The molecule has 5 nitrogen and oxygen atoms in total. The molecule has 0 spiro atoms. The number of amides is 1. The van der Waals surface area contributed by atoms with Gasteiger partial charge in [-0.2, -0.15) is 0 Å². The van der Waals surface area contributed by atoms with Crippen molar-refractivity contribution in [1.82, 2.24) is 15.3 Å². The van der Waals surface area contributed by atoms with Gasteiger partial charge in [0.1, 0.15) is 0 Å². The lowest BCUT2D eigenvalue weighted by Crippen LogP contribution is -2.41. The molecule has 1 amide bonds. The van der Waals surface area contributed by atoms with Crippen molar-refractivity contribution in [3.05, 3.63) is 17.5 Å². The molecular weight excluding hydrogens is 228 g/mol. The number of carbonyl (C=O) groups is 1. The number of anilines is 1. The maximum absolute atomic E-state index is 11.6. The SMILES string of the molecule is Cc1cc(C)nc(NCCC(=O)NC(C)(C)C)n1. The number of nitrogens with one attached hydrogen (secondary N) is 2. The highest BCUT2D eigenvalue weighted by molar-refractivity contribution is 5.77. The molecule has 5 heteroatoms. The molecule has 0 saturated heterocycles. The normalized spacial score (nSPS) is 11.2. The van der Waals surface area contributed by atoms with E-state index in [1.165, 1.54) is 0 Å². The van der Waals surface area contributed by atoms with Crippen molar-refractivity contribution < 1.29 is 4.79 Å². The summed E-state index contributed by atoms with van der Waals surface area (Å²) in [6.07, 6.45) is 0.410. The highest BCUT2D eigenvalue weighted by Crippen LogP contribution is 2.04. The Balaban J connectivity index is 2.40. The third kappa shape index (κ3) is 5.61. The summed E-state index contributed by atoms with van der Waals surface area (Å²) in [7, 11) is 0. The molecule has 100 valence electrons. The second-order valence-electron chi connectivity index (χ2n) is 5.45. The van der Waals surface area contributed by atoms with Crippen LogP contribution in [0, 0.1) is 13.8 Å². The van der Waals surface area contributed by atoms with Crippen molar-refractivity contribution in [3.8, 4) is 0 Å². The van der Waals surface area contributed by atoms with E-state index in [0.29, 0.717) is 18.9 Å². The molecule has 0 unspecified atom stereocenters. The molecule has 0 aliphatic carbocycles. The minimum absolute atomic E-state index is 0.0272. The fourth-order valence-corrected chi connectivity index (χ4v) is 1.57. The van der Waals surface area contributed by atoms with Crippen molar-refractivity contribution in [2.45, 2.75) is 46.6 Å². The number of carbonyl (C=O) groups excluding carboxylic acids is 1. The second-order valence-corrected chi connectivity index (χ2v) is 5.45. The van der Waals surface area contributed by atoms with Gasteiger partial charge in [0.15, 0.2) is 0 Å². The van der Waals surface area contributed by atoms with Crippen molar-refractivity contribution >= 4 is 11.9 Å². The topological polar surface area (TPSA) is 66.9 Å². The third-order valence-corrected chi connectivity index (χ3v) is 2.13. The molecule has 1 aromatic heterocycles. The average Bonchev–Trinajstić information content (AvgIpc) is 2.12. The number of rotatable bonds is 4. The first-order valence-electron chi connectivity index (χ1n) is 6.13. The quantitative estimate of drug-likeness (QED) is 0.855. The fraction of sp³-hybridized carbons (Fsp3) is 0.615. The molecule has 0 atom stereocenters. The Kier molecular flexibility index (Phi) is 4.64. The molecule has 0 saturated carbocycles. The molecule has 0 aliphatic rings. The molecule has 0 aliphatic heterocycles. The molecule has 1 rings (SSSR count). The lowest BCUT2D eigenvalue weighted by molar-refractivity contribution is -0.122. The van der Waals surface area contributed by atoms with E-state index >= 15 is 0 Å². The standard InChI is InChI=1S/C13H22N4O/c1-9-8-10(2)16-12(15-9)14-7-6-11(18)17-13(3,4)5/h8H,6-7H2,1-5H3,(H,17,18)(H,14,15,16). The van der Waals surface area contributed by atoms with E-state index in [4.69, 9.17) is 0 Å². The van der Waals surface area contributed by atoms with Crippen LogP contribution in [0.1, 0.15) is 38.6 Å². The van der Waals surface area contributed by atoms with E-state index in [2.05, 4.69) is 20.6 Å². The first kappa shape index (κ1) is 14.4. The van der Waals surface area contributed by atoms with Crippen molar-refractivity contribution in [2.75, 3.05) is 11.9 Å². The minimum atomic E-state index is -0.187. The zero-order chi connectivity index (χ0) is 13.8. The summed E-state index contributed by atoms with van der Waals surface area (Å²) in [5.41, 5.74) is 1.65. The highest BCUT2D eigenvalue weighted by atomic mass is 16.1. The zero-order valence-corrected chi connectivity index (χ0v) is 11.8. The van der Waals surface area contributed by atoms with E-state index in [9.17, 15) is 4.79 Å². The Bertz CT molecular complexity index is 403. The maximum Gasteiger partial charge on any atom is 0.223 e. The number of nitrogens with zero attached hydrogens (tertiary/aromatic N) is 2.